The van der Waals surface area contributed by atoms with Crippen molar-refractivity contribution >= 4 is 21.8 Å². The van der Waals surface area contributed by atoms with Gasteiger partial charge in [0.05, 0.1) is 5.56 Å². The number of alkyl halides is 1. The van der Waals surface area contributed by atoms with Gasteiger partial charge in [0.25, 0.3) is 5.91 Å². The van der Waals surface area contributed by atoms with E-state index >= 15 is 0 Å². The van der Waals surface area contributed by atoms with Crippen LogP contribution in [0.15, 0.2) is 18.2 Å². The van der Waals surface area contributed by atoms with Crippen molar-refractivity contribution in [3.8, 4) is 5.75 Å². The number of amides is 1. The van der Waals surface area contributed by atoms with Crippen molar-refractivity contribution in [2.24, 2.45) is 0 Å². The molecule has 0 heterocycles. The highest BCUT2D eigenvalue weighted by molar-refractivity contribution is 9.09. The minimum atomic E-state index is -0.0486. The Morgan fingerprint density at radius 2 is 2.11 bits per heavy atom. The van der Waals surface area contributed by atoms with Gasteiger partial charge in [-0.25, -0.2) is 0 Å². The summed E-state index contributed by atoms with van der Waals surface area (Å²) >= 11 is 3.41. The van der Waals surface area contributed by atoms with E-state index in [2.05, 4.69) is 15.9 Å². The van der Waals surface area contributed by atoms with Crippen LogP contribution in [0.25, 0.3) is 0 Å². The lowest BCUT2D eigenvalue weighted by molar-refractivity contribution is 0.0693. The van der Waals surface area contributed by atoms with E-state index in [1.54, 1.807) is 12.1 Å². The SMILES string of the molecule is Cc1ccc(O)c(C(=O)N(CCBr)C2CCCC2)c1. The van der Waals surface area contributed by atoms with E-state index in [0.29, 0.717) is 18.2 Å². The van der Waals surface area contributed by atoms with Crippen LogP contribution in [0.2, 0.25) is 0 Å². The molecule has 1 aliphatic carbocycles. The zero-order chi connectivity index (χ0) is 13.8. The van der Waals surface area contributed by atoms with Gasteiger partial charge >= 0.3 is 0 Å². The van der Waals surface area contributed by atoms with Gasteiger partial charge in [0.2, 0.25) is 0 Å². The Bertz CT molecular complexity index is 455. The number of rotatable bonds is 4. The molecule has 1 N–H and O–H groups in total. The maximum atomic E-state index is 12.6. The largest absolute Gasteiger partial charge is 0.507 e. The highest BCUT2D eigenvalue weighted by atomic mass is 79.9. The van der Waals surface area contributed by atoms with Crippen LogP contribution in [0.4, 0.5) is 0 Å². The van der Waals surface area contributed by atoms with E-state index in [-0.39, 0.29) is 11.7 Å². The fraction of sp³-hybridized carbons (Fsp3) is 0.533. The zero-order valence-corrected chi connectivity index (χ0v) is 12.8. The lowest BCUT2D eigenvalue weighted by atomic mass is 10.1. The van der Waals surface area contributed by atoms with Crippen LogP contribution in [-0.2, 0) is 0 Å². The maximum absolute atomic E-state index is 12.6. The first-order chi connectivity index (χ1) is 9.13. The molecule has 1 amide bonds. The molecular formula is C15H20BrNO2. The van der Waals surface area contributed by atoms with Gasteiger partial charge in [-0.1, -0.05) is 40.4 Å². The Morgan fingerprint density at radius 1 is 1.42 bits per heavy atom. The summed E-state index contributed by atoms with van der Waals surface area (Å²) in [6.07, 6.45) is 4.53. The van der Waals surface area contributed by atoms with E-state index < -0.39 is 0 Å². The first-order valence-corrected chi connectivity index (χ1v) is 7.92. The average Bonchev–Trinajstić information content (AvgIpc) is 2.92. The van der Waals surface area contributed by atoms with Crippen molar-refractivity contribution in [1.82, 2.24) is 4.90 Å². The van der Waals surface area contributed by atoms with Crippen LogP contribution in [-0.4, -0.2) is 33.8 Å². The number of benzene rings is 1. The van der Waals surface area contributed by atoms with Crippen LogP contribution in [0.3, 0.4) is 0 Å². The van der Waals surface area contributed by atoms with Gasteiger partial charge in [0.15, 0.2) is 0 Å². The molecule has 0 radical (unpaired) electrons. The van der Waals surface area contributed by atoms with E-state index in [0.717, 1.165) is 23.7 Å². The van der Waals surface area contributed by atoms with Gasteiger partial charge in [0, 0.05) is 17.9 Å². The molecule has 1 aromatic rings. The van der Waals surface area contributed by atoms with Crippen LogP contribution < -0.4 is 0 Å². The minimum absolute atomic E-state index is 0.0486. The molecule has 19 heavy (non-hydrogen) atoms. The minimum Gasteiger partial charge on any atom is -0.507 e. The van der Waals surface area contributed by atoms with Crippen LogP contribution in [0.1, 0.15) is 41.6 Å². The third-order valence-corrected chi connectivity index (χ3v) is 4.09. The number of aryl methyl sites for hydroxylation is 1. The average molecular weight is 326 g/mol. The highest BCUT2D eigenvalue weighted by Crippen LogP contribution is 2.27. The molecule has 0 unspecified atom stereocenters. The smallest absolute Gasteiger partial charge is 0.257 e. The number of carbonyl (C=O) groups is 1. The van der Waals surface area contributed by atoms with Gasteiger partial charge in [-0.15, -0.1) is 0 Å². The molecule has 0 spiro atoms. The van der Waals surface area contributed by atoms with Crippen molar-refractivity contribution in [1.29, 1.82) is 0 Å². The Hall–Kier alpha value is -1.03. The highest BCUT2D eigenvalue weighted by Gasteiger charge is 2.28. The molecule has 2 rings (SSSR count). The van der Waals surface area contributed by atoms with Crippen molar-refractivity contribution in [2.75, 3.05) is 11.9 Å². The number of phenolic OH excluding ortho intramolecular Hbond substituents is 1. The molecule has 3 nitrogen and oxygen atoms in total. The second-order valence-electron chi connectivity index (χ2n) is 5.15. The summed E-state index contributed by atoms with van der Waals surface area (Å²) in [5.41, 5.74) is 1.42. The van der Waals surface area contributed by atoms with Crippen molar-refractivity contribution in [2.45, 2.75) is 38.6 Å². The summed E-state index contributed by atoms with van der Waals surface area (Å²) in [4.78, 5) is 14.6. The molecule has 0 aliphatic heterocycles. The summed E-state index contributed by atoms with van der Waals surface area (Å²) in [5, 5.41) is 10.7. The molecule has 0 saturated heterocycles. The van der Waals surface area contributed by atoms with Crippen molar-refractivity contribution < 1.29 is 9.90 Å². The summed E-state index contributed by atoms with van der Waals surface area (Å²) in [5.74, 6) is 0.0284. The summed E-state index contributed by atoms with van der Waals surface area (Å²) in [6.45, 7) is 2.62. The Balaban J connectivity index is 2.25. The second kappa shape index (κ2) is 6.42. The summed E-state index contributed by atoms with van der Waals surface area (Å²) in [7, 11) is 0. The number of nitrogens with zero attached hydrogens (tertiary/aromatic N) is 1. The van der Waals surface area contributed by atoms with Crippen LogP contribution in [0.5, 0.6) is 5.75 Å². The lowest BCUT2D eigenvalue weighted by Crippen LogP contribution is -2.40. The van der Waals surface area contributed by atoms with Gasteiger partial charge in [0.1, 0.15) is 5.75 Å². The molecule has 0 bridgehead atoms. The fourth-order valence-electron chi connectivity index (χ4n) is 2.73. The first-order valence-electron chi connectivity index (χ1n) is 6.80. The quantitative estimate of drug-likeness (QED) is 0.861. The van der Waals surface area contributed by atoms with Gasteiger partial charge < -0.3 is 10.0 Å². The normalized spacial score (nSPS) is 15.7. The lowest BCUT2D eigenvalue weighted by Gasteiger charge is -2.28. The van der Waals surface area contributed by atoms with E-state index in [4.69, 9.17) is 0 Å². The Labute approximate surface area is 122 Å². The number of hydrogen-bond donors (Lipinski definition) is 1. The van der Waals surface area contributed by atoms with Crippen LogP contribution in [0, 0.1) is 6.92 Å². The molecule has 0 atom stereocenters. The number of hydrogen-bond acceptors (Lipinski definition) is 2. The third kappa shape index (κ3) is 3.30. The maximum Gasteiger partial charge on any atom is 0.257 e. The predicted octanol–water partition coefficient (Wildman–Crippen LogP) is 3.48. The topological polar surface area (TPSA) is 40.5 Å². The molecule has 4 heteroatoms. The van der Waals surface area contributed by atoms with E-state index in [1.807, 2.05) is 17.9 Å². The summed E-state index contributed by atoms with van der Waals surface area (Å²) in [6, 6.07) is 5.51. The van der Waals surface area contributed by atoms with Crippen molar-refractivity contribution in [3.63, 3.8) is 0 Å². The molecule has 1 aromatic carbocycles. The predicted molar refractivity (Wildman–Crippen MR) is 79.9 cm³/mol. The number of aromatic hydroxyl groups is 1. The third-order valence-electron chi connectivity index (χ3n) is 3.73. The number of halogens is 1. The molecular weight excluding hydrogens is 306 g/mol. The van der Waals surface area contributed by atoms with Gasteiger partial charge in [-0.2, -0.15) is 0 Å². The van der Waals surface area contributed by atoms with Gasteiger partial charge in [-0.05, 0) is 31.9 Å². The molecule has 1 saturated carbocycles. The van der Waals surface area contributed by atoms with E-state index in [9.17, 15) is 9.90 Å². The molecule has 1 fully saturated rings. The number of carbonyl (C=O) groups excluding carboxylic acids is 1. The van der Waals surface area contributed by atoms with E-state index in [1.165, 1.54) is 12.8 Å². The number of phenols is 1. The fourth-order valence-corrected chi connectivity index (χ4v) is 3.11. The second-order valence-corrected chi connectivity index (χ2v) is 5.94. The molecule has 104 valence electrons. The Kier molecular flexibility index (Phi) is 4.86. The van der Waals surface area contributed by atoms with Crippen LogP contribution >= 0.6 is 15.9 Å². The van der Waals surface area contributed by atoms with Crippen molar-refractivity contribution in [3.05, 3.63) is 29.3 Å². The Morgan fingerprint density at radius 3 is 2.74 bits per heavy atom. The zero-order valence-electron chi connectivity index (χ0n) is 11.2. The summed E-state index contributed by atoms with van der Waals surface area (Å²) < 4.78 is 0. The molecule has 0 aromatic heterocycles. The standard InChI is InChI=1S/C15H20BrNO2/c1-11-6-7-14(18)13(10-11)15(19)17(9-8-16)12-4-2-3-5-12/h6-7,10,12,18H,2-5,8-9H2,1H3. The monoisotopic (exact) mass is 325 g/mol. The molecule has 1 aliphatic rings. The van der Waals surface area contributed by atoms with Gasteiger partial charge in [-0.3, -0.25) is 4.79 Å². The first kappa shape index (κ1) is 14.4.